The maximum absolute atomic E-state index is 12.9. The van der Waals surface area contributed by atoms with Gasteiger partial charge in [-0.25, -0.2) is 0 Å². The first-order chi connectivity index (χ1) is 11.7. The molecule has 0 fully saturated rings. The number of anilines is 2. The third-order valence-electron chi connectivity index (χ3n) is 3.31. The number of benzene rings is 2. The van der Waals surface area contributed by atoms with Gasteiger partial charge < -0.3 is 10.2 Å². The van der Waals surface area contributed by atoms with Crippen LogP contribution in [-0.2, 0) is 15.8 Å². The Morgan fingerprint density at radius 3 is 2.32 bits per heavy atom. The van der Waals surface area contributed by atoms with Crippen molar-refractivity contribution in [3.8, 4) is 0 Å². The summed E-state index contributed by atoms with van der Waals surface area (Å²) < 4.78 is 38.6. The second kappa shape index (κ2) is 7.57. The third-order valence-corrected chi connectivity index (χ3v) is 3.63. The van der Waals surface area contributed by atoms with Crippen molar-refractivity contribution in [1.82, 2.24) is 0 Å². The van der Waals surface area contributed by atoms with Crippen LogP contribution in [0.1, 0.15) is 12.5 Å². The van der Waals surface area contributed by atoms with E-state index in [9.17, 15) is 22.8 Å². The number of nitrogens with zero attached hydrogens (tertiary/aromatic N) is 1. The van der Waals surface area contributed by atoms with Crippen LogP contribution >= 0.6 is 11.6 Å². The van der Waals surface area contributed by atoms with Crippen LogP contribution in [0.5, 0.6) is 0 Å². The van der Waals surface area contributed by atoms with Crippen LogP contribution in [0.4, 0.5) is 24.5 Å². The summed E-state index contributed by atoms with van der Waals surface area (Å²) in [6.07, 6.45) is -4.63. The fourth-order valence-corrected chi connectivity index (χ4v) is 2.38. The Bertz CT molecular complexity index is 779. The number of carbonyl (C=O) groups excluding carboxylic acids is 2. The molecule has 0 aliphatic carbocycles. The lowest BCUT2D eigenvalue weighted by molar-refractivity contribution is -0.137. The molecule has 0 radical (unpaired) electrons. The van der Waals surface area contributed by atoms with E-state index in [0.717, 1.165) is 12.1 Å². The lowest BCUT2D eigenvalue weighted by Gasteiger charge is -2.20. The van der Waals surface area contributed by atoms with Crippen molar-refractivity contribution >= 4 is 34.8 Å². The van der Waals surface area contributed by atoms with E-state index in [-0.39, 0.29) is 18.1 Å². The highest BCUT2D eigenvalue weighted by molar-refractivity contribution is 6.31. The first-order valence-corrected chi connectivity index (χ1v) is 7.56. The maximum atomic E-state index is 12.9. The van der Waals surface area contributed by atoms with E-state index in [2.05, 4.69) is 5.32 Å². The summed E-state index contributed by atoms with van der Waals surface area (Å²) in [5.41, 5.74) is -0.589. The number of hydrogen-bond donors (Lipinski definition) is 1. The van der Waals surface area contributed by atoms with Crippen LogP contribution in [0.15, 0.2) is 48.5 Å². The lowest BCUT2D eigenvalue weighted by Crippen LogP contribution is -2.36. The molecule has 0 aromatic heterocycles. The predicted octanol–water partition coefficient (Wildman–Crippen LogP) is 4.35. The first kappa shape index (κ1) is 18.8. The van der Waals surface area contributed by atoms with Gasteiger partial charge in [-0.15, -0.1) is 0 Å². The summed E-state index contributed by atoms with van der Waals surface area (Å²) in [5, 5.41) is 1.89. The Hall–Kier alpha value is -2.54. The van der Waals surface area contributed by atoms with Crippen molar-refractivity contribution in [3.05, 3.63) is 59.1 Å². The minimum absolute atomic E-state index is 0.0571. The molecule has 0 heterocycles. The van der Waals surface area contributed by atoms with Gasteiger partial charge in [-0.1, -0.05) is 29.8 Å². The zero-order valence-electron chi connectivity index (χ0n) is 13.1. The molecule has 0 aliphatic rings. The van der Waals surface area contributed by atoms with E-state index < -0.39 is 22.7 Å². The Morgan fingerprint density at radius 2 is 1.76 bits per heavy atom. The number of nitrogens with one attached hydrogen (secondary N) is 1. The molecule has 0 unspecified atom stereocenters. The standard InChI is InChI=1S/C17H14ClF3N2O2/c1-11(24)23(13-5-3-2-4-6-13)10-16(25)22-12-7-8-15(18)14(9-12)17(19,20)21/h2-9H,10H2,1H3,(H,22,25). The van der Waals surface area contributed by atoms with Gasteiger partial charge in [0.25, 0.3) is 0 Å². The van der Waals surface area contributed by atoms with Crippen LogP contribution < -0.4 is 10.2 Å². The number of alkyl halides is 3. The Balaban J connectivity index is 2.15. The monoisotopic (exact) mass is 370 g/mol. The Morgan fingerprint density at radius 1 is 1.12 bits per heavy atom. The van der Waals surface area contributed by atoms with Gasteiger partial charge in [-0.3, -0.25) is 9.59 Å². The molecule has 2 aromatic carbocycles. The predicted molar refractivity (Wildman–Crippen MR) is 89.6 cm³/mol. The number of para-hydroxylation sites is 1. The van der Waals surface area contributed by atoms with Gasteiger partial charge in [0.2, 0.25) is 11.8 Å². The van der Waals surface area contributed by atoms with Gasteiger partial charge in [0.15, 0.2) is 0 Å². The van der Waals surface area contributed by atoms with Crippen molar-refractivity contribution in [1.29, 1.82) is 0 Å². The topological polar surface area (TPSA) is 49.4 Å². The zero-order valence-corrected chi connectivity index (χ0v) is 13.9. The summed E-state index contributed by atoms with van der Waals surface area (Å²) >= 11 is 5.54. The Labute approximate surface area is 147 Å². The van der Waals surface area contributed by atoms with Gasteiger partial charge in [0, 0.05) is 18.3 Å². The van der Waals surface area contributed by atoms with Crippen LogP contribution in [0.2, 0.25) is 5.02 Å². The van der Waals surface area contributed by atoms with Crippen molar-refractivity contribution in [2.24, 2.45) is 0 Å². The quantitative estimate of drug-likeness (QED) is 0.869. The molecule has 2 amide bonds. The van der Waals surface area contributed by atoms with Crippen molar-refractivity contribution in [3.63, 3.8) is 0 Å². The molecule has 1 N–H and O–H groups in total. The molecule has 25 heavy (non-hydrogen) atoms. The van der Waals surface area contributed by atoms with Gasteiger partial charge in [-0.2, -0.15) is 13.2 Å². The molecule has 2 aromatic rings. The third kappa shape index (κ3) is 4.96. The van der Waals surface area contributed by atoms with E-state index in [1.165, 1.54) is 17.9 Å². The van der Waals surface area contributed by atoms with E-state index in [0.29, 0.717) is 5.69 Å². The first-order valence-electron chi connectivity index (χ1n) is 7.18. The summed E-state index contributed by atoms with van der Waals surface area (Å²) in [6, 6.07) is 11.5. The van der Waals surface area contributed by atoms with Gasteiger partial charge in [0.1, 0.15) is 6.54 Å². The highest BCUT2D eigenvalue weighted by Gasteiger charge is 2.33. The molecular weight excluding hydrogens is 357 g/mol. The van der Waals surface area contributed by atoms with Gasteiger partial charge in [-0.05, 0) is 30.3 Å². The average molecular weight is 371 g/mol. The molecule has 0 spiro atoms. The maximum Gasteiger partial charge on any atom is 0.417 e. The van der Waals surface area contributed by atoms with E-state index in [1.54, 1.807) is 30.3 Å². The molecular formula is C17H14ClF3N2O2. The molecule has 0 bridgehead atoms. The highest BCUT2D eigenvalue weighted by Crippen LogP contribution is 2.36. The van der Waals surface area contributed by atoms with Crippen molar-refractivity contribution < 1.29 is 22.8 Å². The van der Waals surface area contributed by atoms with E-state index in [1.807, 2.05) is 0 Å². The average Bonchev–Trinajstić information content (AvgIpc) is 2.54. The minimum atomic E-state index is -4.63. The molecule has 8 heteroatoms. The molecule has 0 atom stereocenters. The second-order valence-corrected chi connectivity index (χ2v) is 5.59. The van der Waals surface area contributed by atoms with Crippen LogP contribution in [-0.4, -0.2) is 18.4 Å². The van der Waals surface area contributed by atoms with Crippen LogP contribution in [0.3, 0.4) is 0 Å². The summed E-state index contributed by atoms with van der Waals surface area (Å²) in [6.45, 7) is 0.966. The molecule has 132 valence electrons. The number of amides is 2. The van der Waals surface area contributed by atoms with Gasteiger partial charge >= 0.3 is 6.18 Å². The van der Waals surface area contributed by atoms with Crippen molar-refractivity contribution in [2.75, 3.05) is 16.8 Å². The lowest BCUT2D eigenvalue weighted by atomic mass is 10.2. The summed E-state index contributed by atoms with van der Waals surface area (Å²) in [4.78, 5) is 25.1. The SMILES string of the molecule is CC(=O)N(CC(=O)Nc1ccc(Cl)c(C(F)(F)F)c1)c1ccccc1. The Kier molecular flexibility index (Phi) is 5.69. The van der Waals surface area contributed by atoms with Crippen LogP contribution in [0, 0.1) is 0 Å². The second-order valence-electron chi connectivity index (χ2n) is 5.18. The minimum Gasteiger partial charge on any atom is -0.325 e. The normalized spacial score (nSPS) is 11.1. The number of rotatable bonds is 4. The van der Waals surface area contributed by atoms with Crippen molar-refractivity contribution in [2.45, 2.75) is 13.1 Å². The highest BCUT2D eigenvalue weighted by atomic mass is 35.5. The molecule has 4 nitrogen and oxygen atoms in total. The smallest absolute Gasteiger partial charge is 0.325 e. The molecule has 0 saturated heterocycles. The van der Waals surface area contributed by atoms with Gasteiger partial charge in [0.05, 0.1) is 10.6 Å². The fourth-order valence-electron chi connectivity index (χ4n) is 2.16. The summed E-state index contributed by atoms with van der Waals surface area (Å²) in [7, 11) is 0. The molecule has 0 aliphatic heterocycles. The molecule has 0 saturated carbocycles. The zero-order chi connectivity index (χ0) is 18.6. The number of halogens is 4. The summed E-state index contributed by atoms with van der Waals surface area (Å²) in [5.74, 6) is -0.997. The van der Waals surface area contributed by atoms with Crippen LogP contribution in [0.25, 0.3) is 0 Å². The molecule has 2 rings (SSSR count). The fraction of sp³-hybridized carbons (Fsp3) is 0.176. The van der Waals surface area contributed by atoms with E-state index >= 15 is 0 Å². The largest absolute Gasteiger partial charge is 0.417 e. The van der Waals surface area contributed by atoms with E-state index in [4.69, 9.17) is 11.6 Å². The number of carbonyl (C=O) groups is 2. The number of hydrogen-bond acceptors (Lipinski definition) is 2.